The number of nitrogens with one attached hydrogen (secondary N) is 2. The number of Topliss-reactive ketones (excluding diaryl/α,β-unsaturated/α-hetero) is 1. The van der Waals surface area contributed by atoms with Crippen LogP contribution in [0.25, 0.3) is 6.08 Å². The predicted molar refractivity (Wildman–Crippen MR) is 228 cm³/mol. The molecular formula is C44H42Cl4N2O5S. The molecule has 292 valence electrons. The number of hydrogen-bond acceptors (Lipinski definition) is 5. The van der Waals surface area contributed by atoms with Gasteiger partial charge in [0.25, 0.3) is 0 Å². The van der Waals surface area contributed by atoms with Crippen molar-refractivity contribution in [1.29, 1.82) is 0 Å². The third kappa shape index (κ3) is 11.7. The smallest absolute Gasteiger partial charge is 0.328 e. The van der Waals surface area contributed by atoms with Gasteiger partial charge in [0.15, 0.2) is 10.6 Å². The Bertz CT molecular complexity index is 2270. The maximum Gasteiger partial charge on any atom is 0.328 e. The van der Waals surface area contributed by atoms with E-state index in [0.717, 1.165) is 64.4 Å². The SMILES string of the molecule is CCOC(=O)CC1CCc2c(Cl)cccc21.O=C(O)/C=C/c1ccccc1Cl.O=C1CCc2c(Cl)cccc21.S=c1[nH]cc(CC2CCc3c(Cl)cccc32)[nH]1. The number of fused-ring (bicyclic) bond motifs is 3. The average Bonchev–Trinajstić information content (AvgIpc) is 3.98. The van der Waals surface area contributed by atoms with E-state index in [9.17, 15) is 14.4 Å². The number of aromatic nitrogens is 2. The van der Waals surface area contributed by atoms with E-state index in [1.54, 1.807) is 24.3 Å². The quantitative estimate of drug-likeness (QED) is 0.0854. The largest absolute Gasteiger partial charge is 0.478 e. The number of rotatable bonds is 7. The summed E-state index contributed by atoms with van der Waals surface area (Å²) in [5, 5.41) is 11.3. The highest BCUT2D eigenvalue weighted by Gasteiger charge is 2.27. The summed E-state index contributed by atoms with van der Waals surface area (Å²) in [5.41, 5.74) is 8.89. The van der Waals surface area contributed by atoms with Gasteiger partial charge in [-0.25, -0.2) is 4.79 Å². The van der Waals surface area contributed by atoms with Crippen molar-refractivity contribution in [3.05, 3.63) is 161 Å². The fourth-order valence-electron chi connectivity index (χ4n) is 7.20. The second-order valence-electron chi connectivity index (χ2n) is 13.4. The Kier molecular flexibility index (Phi) is 16.0. The van der Waals surface area contributed by atoms with Crippen LogP contribution in [0, 0.1) is 4.77 Å². The summed E-state index contributed by atoms with van der Waals surface area (Å²) in [6.07, 6.45) is 11.6. The van der Waals surface area contributed by atoms with Gasteiger partial charge in [0.2, 0.25) is 0 Å². The molecule has 7 nitrogen and oxygen atoms in total. The first-order valence-electron chi connectivity index (χ1n) is 18.4. The minimum Gasteiger partial charge on any atom is -0.478 e. The number of halogens is 4. The van der Waals surface area contributed by atoms with Crippen molar-refractivity contribution in [2.75, 3.05) is 6.61 Å². The van der Waals surface area contributed by atoms with Crippen LogP contribution in [-0.2, 0) is 40.0 Å². The number of aromatic amines is 2. The molecule has 2 unspecified atom stereocenters. The molecule has 1 heterocycles. The Morgan fingerprint density at radius 1 is 0.786 bits per heavy atom. The molecule has 2 atom stereocenters. The van der Waals surface area contributed by atoms with Gasteiger partial charge in [-0.15, -0.1) is 0 Å². The van der Waals surface area contributed by atoms with Gasteiger partial charge >= 0.3 is 11.9 Å². The topological polar surface area (TPSA) is 112 Å². The Balaban J connectivity index is 0.000000145. The minimum absolute atomic E-state index is 0.111. The van der Waals surface area contributed by atoms with Crippen molar-refractivity contribution in [3.8, 4) is 0 Å². The zero-order valence-corrected chi connectivity index (χ0v) is 34.6. The van der Waals surface area contributed by atoms with E-state index in [1.165, 1.54) is 40.4 Å². The number of carboxylic acid groups (broad SMARTS) is 1. The van der Waals surface area contributed by atoms with Crippen molar-refractivity contribution in [2.24, 2.45) is 0 Å². The van der Waals surface area contributed by atoms with Crippen molar-refractivity contribution >= 4 is 82.4 Å². The van der Waals surface area contributed by atoms with E-state index < -0.39 is 5.97 Å². The van der Waals surface area contributed by atoms with Crippen LogP contribution in [0.4, 0.5) is 0 Å². The van der Waals surface area contributed by atoms with Crippen molar-refractivity contribution in [1.82, 2.24) is 9.97 Å². The molecule has 0 spiro atoms. The summed E-state index contributed by atoms with van der Waals surface area (Å²) in [5.74, 6) is -0.0179. The molecule has 0 saturated heterocycles. The molecule has 0 amide bonds. The molecule has 8 rings (SSSR count). The zero-order valence-electron chi connectivity index (χ0n) is 30.8. The molecule has 4 aromatic carbocycles. The van der Waals surface area contributed by atoms with Gasteiger partial charge in [-0.2, -0.15) is 0 Å². The van der Waals surface area contributed by atoms with Crippen LogP contribution in [0.3, 0.4) is 0 Å². The molecule has 1 aromatic heterocycles. The lowest BCUT2D eigenvalue weighted by Gasteiger charge is -2.10. The van der Waals surface area contributed by atoms with Crippen molar-refractivity contribution in [3.63, 3.8) is 0 Å². The summed E-state index contributed by atoms with van der Waals surface area (Å²) < 4.78 is 5.68. The third-order valence-corrected chi connectivity index (χ3v) is 11.5. The second kappa shape index (κ2) is 20.8. The molecular weight excluding hydrogens is 810 g/mol. The van der Waals surface area contributed by atoms with E-state index in [-0.39, 0.29) is 17.7 Å². The van der Waals surface area contributed by atoms with Crippen LogP contribution in [0.1, 0.15) is 93.9 Å². The van der Waals surface area contributed by atoms with Crippen LogP contribution in [0.15, 0.2) is 91.1 Å². The van der Waals surface area contributed by atoms with E-state index in [0.29, 0.717) is 40.7 Å². The lowest BCUT2D eigenvalue weighted by Crippen LogP contribution is -2.08. The van der Waals surface area contributed by atoms with Crippen LogP contribution < -0.4 is 0 Å². The van der Waals surface area contributed by atoms with Gasteiger partial charge in [0.05, 0.1) is 13.0 Å². The van der Waals surface area contributed by atoms with Gasteiger partial charge in [0, 0.05) is 50.0 Å². The standard InChI is InChI=1S/C13H13ClN2S.C13H15ClO2.C9H7ClO2.C9H7ClO/c14-12-3-1-2-10-8(4-5-11(10)12)6-9-7-15-13(17)16-9;1-2-16-13(15)8-9-6-7-11-10(9)4-3-5-12(11)14;10-8-4-2-1-3-7(8)5-6-9(11)12;10-8-3-1-2-7-6(8)4-5-9(7)11/h1-3,7-8H,4-6H2,(H2,15,16,17);3-5,9H,2,6-8H2,1H3;1-6H,(H,11,12);1-3H,4-5H2/b;;6-5+;. The third-order valence-electron chi connectivity index (χ3n) is 9.84. The maximum absolute atomic E-state index is 11.4. The van der Waals surface area contributed by atoms with E-state index in [2.05, 4.69) is 22.1 Å². The van der Waals surface area contributed by atoms with Gasteiger partial charge in [0.1, 0.15) is 0 Å². The van der Waals surface area contributed by atoms with Crippen LogP contribution in [0.2, 0.25) is 20.1 Å². The molecule has 0 fully saturated rings. The molecule has 12 heteroatoms. The molecule has 0 aliphatic heterocycles. The summed E-state index contributed by atoms with van der Waals surface area (Å²) >= 11 is 29.0. The zero-order chi connectivity index (χ0) is 40.2. The number of carbonyl (C=O) groups excluding carboxylic acids is 2. The van der Waals surface area contributed by atoms with Gasteiger partial charge in [-0.05, 0) is 133 Å². The first kappa shape index (κ1) is 43.0. The Morgan fingerprint density at radius 3 is 1.96 bits per heavy atom. The molecule has 3 aliphatic carbocycles. The summed E-state index contributed by atoms with van der Waals surface area (Å²) in [6, 6.07) is 24.7. The van der Waals surface area contributed by atoms with Crippen molar-refractivity contribution < 1.29 is 24.2 Å². The van der Waals surface area contributed by atoms with Gasteiger partial charge in [-0.1, -0.05) is 101 Å². The molecule has 0 radical (unpaired) electrons. The summed E-state index contributed by atoms with van der Waals surface area (Å²) in [4.78, 5) is 38.9. The number of aliphatic carboxylic acids is 1. The number of benzene rings is 4. The van der Waals surface area contributed by atoms with Crippen LogP contribution in [-0.4, -0.2) is 39.4 Å². The first-order chi connectivity index (χ1) is 26.9. The van der Waals surface area contributed by atoms with Crippen molar-refractivity contribution in [2.45, 2.75) is 70.1 Å². The number of hydrogen-bond donors (Lipinski definition) is 3. The highest BCUT2D eigenvalue weighted by molar-refractivity contribution is 7.71. The number of H-pyrrole nitrogens is 2. The number of imidazole rings is 1. The van der Waals surface area contributed by atoms with E-state index in [4.69, 9.17) is 68.5 Å². The lowest BCUT2D eigenvalue weighted by molar-refractivity contribution is -0.143. The van der Waals surface area contributed by atoms with Crippen LogP contribution >= 0.6 is 58.6 Å². The maximum atomic E-state index is 11.4. The van der Waals surface area contributed by atoms with E-state index in [1.807, 2.05) is 55.6 Å². The fraction of sp³-hybridized carbons (Fsp3) is 0.273. The molecule has 5 aromatic rings. The number of esters is 1. The summed E-state index contributed by atoms with van der Waals surface area (Å²) in [6.45, 7) is 2.28. The summed E-state index contributed by atoms with van der Waals surface area (Å²) in [7, 11) is 0. The number of carbonyl (C=O) groups is 3. The normalized spacial score (nSPS) is 16.0. The monoisotopic (exact) mass is 850 g/mol. The molecule has 3 N–H and O–H groups in total. The molecule has 0 bridgehead atoms. The lowest BCUT2D eigenvalue weighted by atomic mass is 9.96. The Labute approximate surface area is 352 Å². The number of carboxylic acids is 1. The fourth-order valence-corrected chi connectivity index (χ4v) is 8.41. The Morgan fingerprint density at radius 2 is 1.38 bits per heavy atom. The van der Waals surface area contributed by atoms with Crippen LogP contribution in [0.5, 0.6) is 0 Å². The van der Waals surface area contributed by atoms with Gasteiger partial charge in [-0.3, -0.25) is 9.59 Å². The Hall–Kier alpha value is -4.18. The molecule has 3 aliphatic rings. The number of ether oxygens (including phenoxy) is 1. The predicted octanol–water partition coefficient (Wildman–Crippen LogP) is 12.2. The number of ketones is 1. The average molecular weight is 853 g/mol. The first-order valence-corrected chi connectivity index (χ1v) is 20.3. The minimum atomic E-state index is -0.977. The molecule has 56 heavy (non-hydrogen) atoms. The van der Waals surface area contributed by atoms with E-state index >= 15 is 0 Å². The highest BCUT2D eigenvalue weighted by atomic mass is 35.5. The highest BCUT2D eigenvalue weighted by Crippen LogP contribution is 2.40. The second-order valence-corrected chi connectivity index (χ2v) is 15.5. The molecule has 0 saturated carbocycles. The van der Waals surface area contributed by atoms with Gasteiger partial charge < -0.3 is 19.8 Å².